The summed E-state index contributed by atoms with van der Waals surface area (Å²) in [5.74, 6) is 0.728. The molecule has 1 aliphatic rings. The van der Waals surface area contributed by atoms with Gasteiger partial charge < -0.3 is 19.9 Å². The minimum atomic E-state index is -0.346. The summed E-state index contributed by atoms with van der Waals surface area (Å²) in [6, 6.07) is 5.61. The monoisotopic (exact) mass is 362 g/mol. The molecule has 0 spiro atoms. The second kappa shape index (κ2) is 6.42. The van der Waals surface area contributed by atoms with E-state index in [1.165, 1.54) is 0 Å². The Morgan fingerprint density at radius 1 is 1.44 bits per heavy atom. The summed E-state index contributed by atoms with van der Waals surface area (Å²) in [7, 11) is 1.62. The number of rotatable bonds is 3. The number of fused-ring (bicyclic) bond motifs is 2. The molecule has 25 heavy (non-hydrogen) atoms. The number of morpholine rings is 1. The van der Waals surface area contributed by atoms with E-state index in [9.17, 15) is 5.11 Å². The van der Waals surface area contributed by atoms with Gasteiger partial charge in [0.25, 0.3) is 0 Å². The van der Waals surface area contributed by atoms with Gasteiger partial charge in [-0.05, 0) is 25.1 Å². The third kappa shape index (κ3) is 2.73. The summed E-state index contributed by atoms with van der Waals surface area (Å²) in [5, 5.41) is 19.4. The summed E-state index contributed by atoms with van der Waals surface area (Å²) in [6.07, 6.45) is -0.611. The van der Waals surface area contributed by atoms with Gasteiger partial charge in [0, 0.05) is 18.5 Å². The fourth-order valence-electron chi connectivity index (χ4n) is 3.20. The van der Waals surface area contributed by atoms with Crippen molar-refractivity contribution in [3.63, 3.8) is 0 Å². The van der Waals surface area contributed by atoms with Crippen molar-refractivity contribution in [3.05, 3.63) is 28.9 Å². The normalized spacial score (nSPS) is 21.1. The average molecular weight is 363 g/mol. The second-order valence-corrected chi connectivity index (χ2v) is 6.47. The van der Waals surface area contributed by atoms with Gasteiger partial charge in [-0.3, -0.25) is 0 Å². The van der Waals surface area contributed by atoms with E-state index in [-0.39, 0.29) is 18.9 Å². The van der Waals surface area contributed by atoms with E-state index in [1.54, 1.807) is 11.8 Å². The topological polar surface area (TPSA) is 81.4 Å². The summed E-state index contributed by atoms with van der Waals surface area (Å²) in [5.41, 5.74) is 2.22. The summed E-state index contributed by atoms with van der Waals surface area (Å²) >= 11 is 6.67. The lowest BCUT2D eigenvalue weighted by Gasteiger charge is -2.30. The van der Waals surface area contributed by atoms with Gasteiger partial charge in [0.1, 0.15) is 5.75 Å². The van der Waals surface area contributed by atoms with Crippen molar-refractivity contribution in [1.29, 1.82) is 0 Å². The first-order chi connectivity index (χ1) is 12.1. The Labute approximate surface area is 149 Å². The minimum Gasteiger partial charge on any atom is -0.497 e. The molecule has 1 aliphatic heterocycles. The molecule has 1 fully saturated rings. The summed E-state index contributed by atoms with van der Waals surface area (Å²) < 4.78 is 12.9. The van der Waals surface area contributed by atoms with E-state index in [2.05, 4.69) is 10.4 Å². The number of hydrogen-bond acceptors (Lipinski definition) is 6. The zero-order chi connectivity index (χ0) is 17.6. The molecule has 0 unspecified atom stereocenters. The van der Waals surface area contributed by atoms with Gasteiger partial charge in [-0.15, -0.1) is 0 Å². The predicted octanol–water partition coefficient (Wildman–Crippen LogP) is 2.03. The fraction of sp³-hybridized carbons (Fsp3) is 0.412. The van der Waals surface area contributed by atoms with Crippen LogP contribution in [0.15, 0.2) is 18.2 Å². The highest BCUT2D eigenvalue weighted by Crippen LogP contribution is 2.35. The Balaban J connectivity index is 1.89. The van der Waals surface area contributed by atoms with E-state index in [1.807, 2.05) is 25.1 Å². The number of methoxy groups -OCH3 is 1. The molecular formula is C17H19ClN4O3. The zero-order valence-corrected chi connectivity index (χ0v) is 14.7. The Kier molecular flexibility index (Phi) is 4.24. The van der Waals surface area contributed by atoms with Gasteiger partial charge in [-0.25, -0.2) is 9.67 Å². The highest BCUT2D eigenvalue weighted by atomic mass is 35.5. The standard InChI is InChI=1S/C17H19ClN4O3/c1-9-15-16(18)12-5-10(24-2)3-4-13(12)20-17(15)22(21-9)14-7-19-6-11(8-23)25-14/h3-5,11,14,19,23H,6-8H2,1-2H3/t11-,14+/m0/s1. The lowest BCUT2D eigenvalue weighted by Crippen LogP contribution is -2.44. The highest BCUT2D eigenvalue weighted by Gasteiger charge is 2.27. The van der Waals surface area contributed by atoms with E-state index < -0.39 is 0 Å². The van der Waals surface area contributed by atoms with Crippen molar-refractivity contribution in [2.45, 2.75) is 19.3 Å². The van der Waals surface area contributed by atoms with Crippen LogP contribution in [0.5, 0.6) is 5.75 Å². The van der Waals surface area contributed by atoms with Crippen LogP contribution in [0.3, 0.4) is 0 Å². The van der Waals surface area contributed by atoms with Crippen LogP contribution in [-0.2, 0) is 4.74 Å². The number of pyridine rings is 1. The first-order valence-electron chi connectivity index (χ1n) is 8.11. The quantitative estimate of drug-likeness (QED) is 0.742. The molecule has 7 nitrogen and oxygen atoms in total. The lowest BCUT2D eigenvalue weighted by atomic mass is 10.1. The Hall–Kier alpha value is -1.93. The van der Waals surface area contributed by atoms with Crippen molar-refractivity contribution in [3.8, 4) is 5.75 Å². The number of halogens is 1. The summed E-state index contributed by atoms with van der Waals surface area (Å²) in [6.45, 7) is 3.06. The predicted molar refractivity (Wildman–Crippen MR) is 95.2 cm³/mol. The molecule has 0 aliphatic carbocycles. The maximum absolute atomic E-state index is 9.37. The number of nitrogens with one attached hydrogen (secondary N) is 1. The number of aliphatic hydroxyl groups is 1. The van der Waals surface area contributed by atoms with Crippen LogP contribution < -0.4 is 10.1 Å². The lowest BCUT2D eigenvalue weighted by molar-refractivity contribution is -0.0982. The van der Waals surface area contributed by atoms with Crippen molar-refractivity contribution < 1.29 is 14.6 Å². The molecule has 0 radical (unpaired) electrons. The van der Waals surface area contributed by atoms with Crippen LogP contribution in [0.1, 0.15) is 11.9 Å². The number of ether oxygens (including phenoxy) is 2. The van der Waals surface area contributed by atoms with Crippen LogP contribution in [0.4, 0.5) is 0 Å². The number of hydrogen-bond donors (Lipinski definition) is 2. The van der Waals surface area contributed by atoms with Crippen molar-refractivity contribution >= 4 is 33.5 Å². The van der Waals surface area contributed by atoms with Crippen molar-refractivity contribution in [2.24, 2.45) is 0 Å². The smallest absolute Gasteiger partial charge is 0.165 e. The average Bonchev–Trinajstić information content (AvgIpc) is 2.98. The van der Waals surface area contributed by atoms with Gasteiger partial charge in [0.15, 0.2) is 11.9 Å². The molecule has 2 atom stereocenters. The molecule has 0 saturated carbocycles. The number of aromatic nitrogens is 3. The maximum atomic E-state index is 9.37. The van der Waals surface area contributed by atoms with Crippen LogP contribution in [0.2, 0.25) is 5.02 Å². The van der Waals surface area contributed by atoms with E-state index in [0.29, 0.717) is 23.8 Å². The molecule has 1 saturated heterocycles. The largest absolute Gasteiger partial charge is 0.497 e. The molecule has 3 heterocycles. The number of benzene rings is 1. The molecule has 1 aromatic carbocycles. The van der Waals surface area contributed by atoms with Gasteiger partial charge in [-0.2, -0.15) is 5.10 Å². The molecule has 4 rings (SSSR count). The minimum absolute atomic E-state index is 0.0431. The molecular weight excluding hydrogens is 344 g/mol. The van der Waals surface area contributed by atoms with Gasteiger partial charge >= 0.3 is 0 Å². The molecule has 2 aromatic heterocycles. The van der Waals surface area contributed by atoms with Crippen molar-refractivity contribution in [1.82, 2.24) is 20.1 Å². The number of aliphatic hydroxyl groups excluding tert-OH is 1. The van der Waals surface area contributed by atoms with E-state index in [0.717, 1.165) is 27.7 Å². The molecule has 8 heteroatoms. The van der Waals surface area contributed by atoms with Crippen LogP contribution >= 0.6 is 11.6 Å². The molecule has 0 amide bonds. The second-order valence-electron chi connectivity index (χ2n) is 6.09. The molecule has 132 valence electrons. The van der Waals surface area contributed by atoms with Crippen LogP contribution in [0, 0.1) is 6.92 Å². The van der Waals surface area contributed by atoms with Crippen LogP contribution in [0.25, 0.3) is 21.9 Å². The van der Waals surface area contributed by atoms with Crippen LogP contribution in [-0.4, -0.2) is 52.8 Å². The first-order valence-corrected chi connectivity index (χ1v) is 8.49. The molecule has 0 bridgehead atoms. The summed E-state index contributed by atoms with van der Waals surface area (Å²) in [4.78, 5) is 4.75. The SMILES string of the molecule is COc1ccc2nc3c(c(C)nn3[C@H]3CNC[C@@H](CO)O3)c(Cl)c2c1. The zero-order valence-electron chi connectivity index (χ0n) is 14.0. The maximum Gasteiger partial charge on any atom is 0.165 e. The Morgan fingerprint density at radius 3 is 3.04 bits per heavy atom. The first kappa shape index (κ1) is 16.5. The Morgan fingerprint density at radius 2 is 2.28 bits per heavy atom. The molecule has 2 N–H and O–H groups in total. The Bertz CT molecular complexity index is 943. The van der Waals surface area contributed by atoms with Gasteiger partial charge in [0.2, 0.25) is 0 Å². The van der Waals surface area contributed by atoms with E-state index in [4.69, 9.17) is 26.1 Å². The van der Waals surface area contributed by atoms with Gasteiger partial charge in [0.05, 0.1) is 41.4 Å². The highest BCUT2D eigenvalue weighted by molar-refractivity contribution is 6.40. The van der Waals surface area contributed by atoms with E-state index >= 15 is 0 Å². The third-order valence-electron chi connectivity index (χ3n) is 4.46. The molecule has 3 aromatic rings. The number of nitrogens with zero attached hydrogens (tertiary/aromatic N) is 3. The fourth-order valence-corrected chi connectivity index (χ4v) is 3.57. The van der Waals surface area contributed by atoms with Gasteiger partial charge in [-0.1, -0.05) is 11.6 Å². The third-order valence-corrected chi connectivity index (χ3v) is 4.86. The number of aryl methyl sites for hydroxylation is 1. The van der Waals surface area contributed by atoms with Crippen molar-refractivity contribution in [2.75, 3.05) is 26.8 Å².